The van der Waals surface area contributed by atoms with Crippen LogP contribution in [0.1, 0.15) is 23.9 Å². The number of nitrogens with one attached hydrogen (secondary N) is 1. The molecule has 1 heterocycles. The van der Waals surface area contributed by atoms with Gasteiger partial charge in [0.05, 0.1) is 0 Å². The molecule has 16 heavy (non-hydrogen) atoms. The number of hydrogen-bond donors (Lipinski definition) is 1. The fourth-order valence-electron chi connectivity index (χ4n) is 1.14. The number of sulfone groups is 1. The minimum Gasteiger partial charge on any atom is -0.314 e. The van der Waals surface area contributed by atoms with Crippen LogP contribution >= 0.6 is 11.3 Å². The summed E-state index contributed by atoms with van der Waals surface area (Å²) in [6.07, 6.45) is 1.99. The van der Waals surface area contributed by atoms with Crippen molar-refractivity contribution in [2.24, 2.45) is 0 Å². The van der Waals surface area contributed by atoms with E-state index in [0.717, 1.165) is 18.0 Å². The van der Waals surface area contributed by atoms with E-state index in [0.29, 0.717) is 11.0 Å². The van der Waals surface area contributed by atoms with Crippen molar-refractivity contribution < 1.29 is 8.42 Å². The van der Waals surface area contributed by atoms with Crippen LogP contribution in [0.4, 0.5) is 0 Å². The number of rotatable bonds is 6. The molecule has 0 bridgehead atoms. The van der Waals surface area contributed by atoms with Crippen LogP contribution in [0.25, 0.3) is 0 Å². The van der Waals surface area contributed by atoms with Crippen molar-refractivity contribution in [1.29, 1.82) is 0 Å². The van der Waals surface area contributed by atoms with E-state index in [9.17, 15) is 8.42 Å². The molecule has 92 valence electrons. The maximum Gasteiger partial charge on any atom is 0.154 e. The van der Waals surface area contributed by atoms with Gasteiger partial charge < -0.3 is 5.32 Å². The van der Waals surface area contributed by atoms with Crippen molar-refractivity contribution >= 4 is 21.2 Å². The lowest BCUT2D eigenvalue weighted by Crippen LogP contribution is -2.24. The maximum atomic E-state index is 11.0. The summed E-state index contributed by atoms with van der Waals surface area (Å²) in [5, 5.41) is 12.5. The summed E-state index contributed by atoms with van der Waals surface area (Å²) in [4.78, 5) is 0. The van der Waals surface area contributed by atoms with Gasteiger partial charge in [-0.1, -0.05) is 13.8 Å². The molecule has 0 saturated heterocycles. The summed E-state index contributed by atoms with van der Waals surface area (Å²) in [7, 11) is -3.01. The van der Waals surface area contributed by atoms with E-state index in [-0.39, 0.29) is 5.75 Å². The Hall–Kier alpha value is -0.530. The standard InChI is InChI=1S/C9H17N3O2S2/c1-7(2)10-5-4-8-11-12-9(15-8)6-16(3,13)14/h7,10H,4-6H2,1-3H3. The van der Waals surface area contributed by atoms with Gasteiger partial charge in [0.25, 0.3) is 0 Å². The third kappa shape index (κ3) is 5.53. The van der Waals surface area contributed by atoms with Gasteiger partial charge in [-0.2, -0.15) is 0 Å². The molecule has 0 aliphatic carbocycles. The zero-order chi connectivity index (χ0) is 12.2. The Kier molecular flexibility index (Phi) is 4.82. The third-order valence-corrected chi connectivity index (χ3v) is 3.75. The van der Waals surface area contributed by atoms with E-state index < -0.39 is 9.84 Å². The lowest BCUT2D eigenvalue weighted by atomic mass is 10.3. The first-order valence-electron chi connectivity index (χ1n) is 5.09. The van der Waals surface area contributed by atoms with E-state index in [1.165, 1.54) is 17.6 Å². The van der Waals surface area contributed by atoms with Gasteiger partial charge >= 0.3 is 0 Å². The highest BCUT2D eigenvalue weighted by Gasteiger charge is 2.10. The van der Waals surface area contributed by atoms with E-state index in [4.69, 9.17) is 0 Å². The predicted molar refractivity (Wildman–Crippen MR) is 65.3 cm³/mol. The zero-order valence-corrected chi connectivity index (χ0v) is 11.4. The molecule has 0 aliphatic rings. The van der Waals surface area contributed by atoms with Crippen LogP contribution in [-0.4, -0.2) is 37.5 Å². The lowest BCUT2D eigenvalue weighted by Gasteiger charge is -2.04. The zero-order valence-electron chi connectivity index (χ0n) is 9.73. The quantitative estimate of drug-likeness (QED) is 0.814. The summed E-state index contributed by atoms with van der Waals surface area (Å²) >= 11 is 1.37. The Labute approximate surface area is 100 Å². The van der Waals surface area contributed by atoms with Gasteiger partial charge in [-0.25, -0.2) is 8.42 Å². The monoisotopic (exact) mass is 263 g/mol. The molecule has 0 radical (unpaired) electrons. The van der Waals surface area contributed by atoms with Gasteiger partial charge in [0.2, 0.25) is 0 Å². The summed E-state index contributed by atoms with van der Waals surface area (Å²) in [5.41, 5.74) is 0. The molecule has 0 fully saturated rings. The molecule has 1 rings (SSSR count). The van der Waals surface area contributed by atoms with Crippen molar-refractivity contribution in [2.45, 2.75) is 32.1 Å². The first-order valence-corrected chi connectivity index (χ1v) is 7.97. The molecule has 0 aromatic carbocycles. The Morgan fingerprint density at radius 1 is 1.31 bits per heavy atom. The van der Waals surface area contributed by atoms with Crippen LogP contribution in [-0.2, 0) is 22.0 Å². The second-order valence-electron chi connectivity index (χ2n) is 4.02. The Morgan fingerprint density at radius 3 is 2.50 bits per heavy atom. The van der Waals surface area contributed by atoms with Crippen LogP contribution in [0.15, 0.2) is 0 Å². The van der Waals surface area contributed by atoms with Crippen LogP contribution in [0.2, 0.25) is 0 Å². The number of aromatic nitrogens is 2. The summed E-state index contributed by atoms with van der Waals surface area (Å²) in [6, 6.07) is 0.448. The van der Waals surface area contributed by atoms with Gasteiger partial charge in [0.1, 0.15) is 15.8 Å². The minimum absolute atomic E-state index is 0.0116. The molecular weight excluding hydrogens is 246 g/mol. The molecule has 7 heteroatoms. The highest BCUT2D eigenvalue weighted by molar-refractivity contribution is 7.90. The first kappa shape index (κ1) is 13.5. The van der Waals surface area contributed by atoms with Crippen molar-refractivity contribution in [3.05, 3.63) is 10.0 Å². The molecule has 5 nitrogen and oxygen atoms in total. The van der Waals surface area contributed by atoms with E-state index in [1.807, 2.05) is 0 Å². The topological polar surface area (TPSA) is 72.0 Å². The number of hydrogen-bond acceptors (Lipinski definition) is 6. The van der Waals surface area contributed by atoms with Gasteiger partial charge in [-0.05, 0) is 0 Å². The van der Waals surface area contributed by atoms with Crippen molar-refractivity contribution in [2.75, 3.05) is 12.8 Å². The Morgan fingerprint density at radius 2 is 1.94 bits per heavy atom. The van der Waals surface area contributed by atoms with Gasteiger partial charge in [-0.3, -0.25) is 0 Å². The van der Waals surface area contributed by atoms with Crippen molar-refractivity contribution in [1.82, 2.24) is 15.5 Å². The molecule has 0 spiro atoms. The summed E-state index contributed by atoms with van der Waals surface area (Å²) in [6.45, 7) is 5.00. The fourth-order valence-corrected chi connectivity index (χ4v) is 3.16. The second kappa shape index (κ2) is 5.70. The molecule has 0 aliphatic heterocycles. The third-order valence-electron chi connectivity index (χ3n) is 1.79. The molecular formula is C9H17N3O2S2. The molecule has 0 unspecified atom stereocenters. The largest absolute Gasteiger partial charge is 0.314 e. The summed E-state index contributed by atoms with van der Waals surface area (Å²) < 4.78 is 22.1. The Balaban J connectivity index is 2.46. The van der Waals surface area contributed by atoms with Gasteiger partial charge in [0, 0.05) is 25.3 Å². The molecule has 0 amide bonds. The summed E-state index contributed by atoms with van der Waals surface area (Å²) in [5.74, 6) is -0.0116. The smallest absolute Gasteiger partial charge is 0.154 e. The molecule has 1 N–H and O–H groups in total. The normalized spacial score (nSPS) is 12.2. The predicted octanol–water partition coefficient (Wildman–Crippen LogP) is 0.623. The average molecular weight is 263 g/mol. The molecule has 0 atom stereocenters. The van der Waals surface area contributed by atoms with Crippen molar-refractivity contribution in [3.63, 3.8) is 0 Å². The number of nitrogens with zero attached hydrogens (tertiary/aromatic N) is 2. The minimum atomic E-state index is -3.01. The van der Waals surface area contributed by atoms with Gasteiger partial charge in [-0.15, -0.1) is 21.5 Å². The van der Waals surface area contributed by atoms with Crippen LogP contribution in [0.5, 0.6) is 0 Å². The molecule has 1 aromatic rings. The molecule has 0 saturated carbocycles. The maximum absolute atomic E-state index is 11.0. The van der Waals surface area contributed by atoms with Crippen LogP contribution in [0.3, 0.4) is 0 Å². The SMILES string of the molecule is CC(C)NCCc1nnc(CS(C)(=O)=O)s1. The van der Waals surface area contributed by atoms with Crippen LogP contribution in [0, 0.1) is 0 Å². The van der Waals surface area contributed by atoms with Crippen LogP contribution < -0.4 is 5.32 Å². The average Bonchev–Trinajstić information content (AvgIpc) is 2.48. The first-order chi connectivity index (χ1) is 7.37. The highest BCUT2D eigenvalue weighted by atomic mass is 32.2. The van der Waals surface area contributed by atoms with Crippen molar-refractivity contribution in [3.8, 4) is 0 Å². The molecule has 1 aromatic heterocycles. The van der Waals surface area contributed by atoms with E-state index in [1.54, 1.807) is 0 Å². The lowest BCUT2D eigenvalue weighted by molar-refractivity contribution is 0.588. The Bertz CT molecular complexity index is 426. The van der Waals surface area contributed by atoms with Gasteiger partial charge in [0.15, 0.2) is 9.84 Å². The highest BCUT2D eigenvalue weighted by Crippen LogP contribution is 2.12. The van der Waals surface area contributed by atoms with E-state index >= 15 is 0 Å². The van der Waals surface area contributed by atoms with E-state index in [2.05, 4.69) is 29.4 Å². The second-order valence-corrected chi connectivity index (χ2v) is 7.31. The fraction of sp³-hybridized carbons (Fsp3) is 0.778.